The topological polar surface area (TPSA) is 0 Å². The molecule has 0 heterocycles. The molecule has 0 N–H and O–H groups in total. The van der Waals surface area contributed by atoms with Gasteiger partial charge in [0.1, 0.15) is 5.82 Å². The molecule has 100 valence electrons. The van der Waals surface area contributed by atoms with Crippen LogP contribution in [0.1, 0.15) is 30.9 Å². The SMILES string of the molecule is CC1(C)C(CBr)C1c1ccc(F)c(C(F)(F)F)c1. The second-order valence-electron chi connectivity index (χ2n) is 5.30. The number of alkyl halides is 4. The van der Waals surface area contributed by atoms with Gasteiger partial charge in [-0.1, -0.05) is 35.8 Å². The van der Waals surface area contributed by atoms with E-state index in [1.807, 2.05) is 13.8 Å². The quantitative estimate of drug-likeness (QED) is 0.531. The summed E-state index contributed by atoms with van der Waals surface area (Å²) in [6.07, 6.45) is -4.64. The molecule has 2 atom stereocenters. The second kappa shape index (κ2) is 4.22. The zero-order valence-electron chi connectivity index (χ0n) is 9.98. The summed E-state index contributed by atoms with van der Waals surface area (Å²) in [5.74, 6) is -0.859. The second-order valence-corrected chi connectivity index (χ2v) is 5.94. The van der Waals surface area contributed by atoms with Crippen LogP contribution in [0.3, 0.4) is 0 Å². The molecule has 1 saturated carbocycles. The largest absolute Gasteiger partial charge is 0.419 e. The fourth-order valence-corrected chi connectivity index (χ4v) is 3.86. The third kappa shape index (κ3) is 2.17. The lowest BCUT2D eigenvalue weighted by Crippen LogP contribution is -2.09. The van der Waals surface area contributed by atoms with Gasteiger partial charge in [0.15, 0.2) is 0 Å². The molecule has 2 unspecified atom stereocenters. The number of rotatable bonds is 2. The van der Waals surface area contributed by atoms with E-state index >= 15 is 0 Å². The average Bonchev–Trinajstić information content (AvgIpc) is 2.79. The molecule has 5 heteroatoms. The molecule has 0 bridgehead atoms. The molecule has 0 aromatic heterocycles. The molecular formula is C13H13BrF4. The minimum absolute atomic E-state index is 0.0375. The van der Waals surface area contributed by atoms with Crippen LogP contribution in [0.4, 0.5) is 17.6 Å². The zero-order chi connectivity index (χ0) is 13.7. The van der Waals surface area contributed by atoms with Crippen molar-refractivity contribution in [1.29, 1.82) is 0 Å². The first kappa shape index (κ1) is 13.8. The molecule has 0 radical (unpaired) electrons. The van der Waals surface area contributed by atoms with Gasteiger partial charge in [-0.3, -0.25) is 0 Å². The van der Waals surface area contributed by atoms with Crippen LogP contribution >= 0.6 is 15.9 Å². The predicted molar refractivity (Wildman–Crippen MR) is 65.2 cm³/mol. The van der Waals surface area contributed by atoms with Crippen molar-refractivity contribution in [2.45, 2.75) is 25.9 Å². The maximum absolute atomic E-state index is 13.2. The van der Waals surface area contributed by atoms with E-state index < -0.39 is 17.6 Å². The molecule has 0 spiro atoms. The lowest BCUT2D eigenvalue weighted by atomic mass is 10.0. The maximum atomic E-state index is 13.2. The van der Waals surface area contributed by atoms with Gasteiger partial charge in [0.25, 0.3) is 0 Å². The van der Waals surface area contributed by atoms with Gasteiger partial charge in [0, 0.05) is 5.33 Å². The molecule has 2 rings (SSSR count). The summed E-state index contributed by atoms with van der Waals surface area (Å²) in [6, 6.07) is 3.32. The monoisotopic (exact) mass is 324 g/mol. The van der Waals surface area contributed by atoms with Crippen LogP contribution in [-0.4, -0.2) is 5.33 Å². The Hall–Kier alpha value is -0.580. The van der Waals surface area contributed by atoms with Crippen LogP contribution in [-0.2, 0) is 6.18 Å². The maximum Gasteiger partial charge on any atom is 0.419 e. The highest BCUT2D eigenvalue weighted by molar-refractivity contribution is 9.09. The summed E-state index contributed by atoms with van der Waals surface area (Å²) in [5, 5.41) is 0.739. The van der Waals surface area contributed by atoms with Crippen molar-refractivity contribution in [3.8, 4) is 0 Å². The first-order chi connectivity index (χ1) is 8.19. The highest BCUT2D eigenvalue weighted by Gasteiger charge is 2.57. The van der Waals surface area contributed by atoms with Gasteiger partial charge < -0.3 is 0 Å². The van der Waals surface area contributed by atoms with Gasteiger partial charge in [-0.2, -0.15) is 13.2 Å². The standard InChI is InChI=1S/C13H13BrF4/c1-12(2)9(6-14)11(12)7-3-4-10(15)8(5-7)13(16,17)18/h3-5,9,11H,6H2,1-2H3. The molecule has 1 fully saturated rings. The van der Waals surface area contributed by atoms with Crippen LogP contribution in [0, 0.1) is 17.2 Å². The Morgan fingerprint density at radius 1 is 1.28 bits per heavy atom. The first-order valence-corrected chi connectivity index (χ1v) is 6.74. The summed E-state index contributed by atoms with van der Waals surface area (Å²) in [5.41, 5.74) is -0.640. The molecule has 0 nitrogen and oxygen atoms in total. The lowest BCUT2D eigenvalue weighted by Gasteiger charge is -2.10. The van der Waals surface area contributed by atoms with E-state index in [4.69, 9.17) is 0 Å². The van der Waals surface area contributed by atoms with Gasteiger partial charge in [-0.05, 0) is 34.9 Å². The Kier molecular flexibility index (Phi) is 3.24. The highest BCUT2D eigenvalue weighted by Crippen LogP contribution is 2.65. The summed E-state index contributed by atoms with van der Waals surface area (Å²) >= 11 is 3.37. The Labute approximate surface area is 112 Å². The van der Waals surface area contributed by atoms with E-state index in [1.165, 1.54) is 6.07 Å². The van der Waals surface area contributed by atoms with Crippen molar-refractivity contribution >= 4 is 15.9 Å². The fraction of sp³-hybridized carbons (Fsp3) is 0.538. The summed E-state index contributed by atoms with van der Waals surface area (Å²) in [7, 11) is 0. The molecule has 0 amide bonds. The average molecular weight is 325 g/mol. The number of hydrogen-bond donors (Lipinski definition) is 0. The van der Waals surface area contributed by atoms with Crippen molar-refractivity contribution in [2.24, 2.45) is 11.3 Å². The van der Waals surface area contributed by atoms with Crippen molar-refractivity contribution in [2.75, 3.05) is 5.33 Å². The molecular weight excluding hydrogens is 312 g/mol. The smallest absolute Gasteiger partial charge is 0.206 e. The van der Waals surface area contributed by atoms with Gasteiger partial charge in [-0.25, -0.2) is 4.39 Å². The number of halogens is 5. The van der Waals surface area contributed by atoms with Gasteiger partial charge >= 0.3 is 6.18 Å². The Balaban J connectivity index is 2.38. The number of benzene rings is 1. The minimum Gasteiger partial charge on any atom is -0.206 e. The highest BCUT2D eigenvalue weighted by atomic mass is 79.9. The summed E-state index contributed by atoms with van der Waals surface area (Å²) in [6.45, 7) is 4.03. The third-order valence-electron chi connectivity index (χ3n) is 3.87. The van der Waals surface area contributed by atoms with Crippen LogP contribution in [0.15, 0.2) is 18.2 Å². The van der Waals surface area contributed by atoms with Crippen molar-refractivity contribution < 1.29 is 17.6 Å². The summed E-state index contributed by atoms with van der Waals surface area (Å²) < 4.78 is 51.1. The van der Waals surface area contributed by atoms with Crippen molar-refractivity contribution in [3.63, 3.8) is 0 Å². The van der Waals surface area contributed by atoms with Crippen molar-refractivity contribution in [3.05, 3.63) is 35.1 Å². The molecule has 1 aliphatic rings. The van der Waals surface area contributed by atoms with Crippen LogP contribution in [0.25, 0.3) is 0 Å². The van der Waals surface area contributed by atoms with E-state index in [9.17, 15) is 17.6 Å². The molecule has 0 saturated heterocycles. The van der Waals surface area contributed by atoms with Crippen LogP contribution in [0.5, 0.6) is 0 Å². The normalized spacial score (nSPS) is 26.2. The molecule has 18 heavy (non-hydrogen) atoms. The van der Waals surface area contributed by atoms with E-state index in [-0.39, 0.29) is 11.3 Å². The molecule has 1 aliphatic carbocycles. The van der Waals surface area contributed by atoms with Gasteiger partial charge in [0.05, 0.1) is 5.56 Å². The van der Waals surface area contributed by atoms with E-state index in [0.717, 1.165) is 17.5 Å². The van der Waals surface area contributed by atoms with E-state index in [1.54, 1.807) is 0 Å². The lowest BCUT2D eigenvalue weighted by molar-refractivity contribution is -0.140. The first-order valence-electron chi connectivity index (χ1n) is 5.62. The Bertz CT molecular complexity index is 465. The molecule has 1 aromatic carbocycles. The summed E-state index contributed by atoms with van der Waals surface area (Å²) in [4.78, 5) is 0. The Morgan fingerprint density at radius 3 is 2.33 bits per heavy atom. The minimum atomic E-state index is -4.64. The van der Waals surface area contributed by atoms with Crippen LogP contribution in [0.2, 0.25) is 0 Å². The molecule has 0 aliphatic heterocycles. The fourth-order valence-electron chi connectivity index (χ4n) is 2.65. The third-order valence-corrected chi connectivity index (χ3v) is 4.57. The van der Waals surface area contributed by atoms with E-state index in [0.29, 0.717) is 11.5 Å². The van der Waals surface area contributed by atoms with Gasteiger partial charge in [0.2, 0.25) is 0 Å². The van der Waals surface area contributed by atoms with E-state index in [2.05, 4.69) is 15.9 Å². The zero-order valence-corrected chi connectivity index (χ0v) is 11.6. The Morgan fingerprint density at radius 2 is 1.89 bits per heavy atom. The predicted octanol–water partition coefficient (Wildman–Crippen LogP) is 4.98. The molecule has 1 aromatic rings. The van der Waals surface area contributed by atoms with Gasteiger partial charge in [-0.15, -0.1) is 0 Å². The van der Waals surface area contributed by atoms with Crippen molar-refractivity contribution in [1.82, 2.24) is 0 Å². The number of hydrogen-bond acceptors (Lipinski definition) is 0. The van der Waals surface area contributed by atoms with Crippen LogP contribution < -0.4 is 0 Å².